The molecule has 0 bridgehead atoms. The van der Waals surface area contributed by atoms with Crippen molar-refractivity contribution in [3.63, 3.8) is 0 Å². The van der Waals surface area contributed by atoms with Gasteiger partial charge in [-0.2, -0.15) is 0 Å². The van der Waals surface area contributed by atoms with E-state index in [1.807, 2.05) is 13.8 Å². The smallest absolute Gasteiger partial charge is 0.319 e. The highest BCUT2D eigenvalue weighted by atomic mass is 16.5. The molecule has 1 aliphatic heterocycles. The standard InChI is InChI=1S/C14H19N3O3/c1-3-9(4-2)15-14(19)16-10-5-6-11-12(7-10)20-8-13(18)17-11/h5-7,9H,3-4,8H2,1-2H3,(H,17,18)(H2,15,16,19). The van der Waals surface area contributed by atoms with E-state index in [1.54, 1.807) is 18.2 Å². The number of hydrogen-bond donors (Lipinski definition) is 3. The molecule has 6 nitrogen and oxygen atoms in total. The monoisotopic (exact) mass is 277 g/mol. The molecule has 0 aromatic heterocycles. The summed E-state index contributed by atoms with van der Waals surface area (Å²) in [5, 5.41) is 8.35. The molecule has 0 spiro atoms. The van der Waals surface area contributed by atoms with Gasteiger partial charge in [0, 0.05) is 17.8 Å². The van der Waals surface area contributed by atoms with Gasteiger partial charge in [0.2, 0.25) is 0 Å². The third-order valence-corrected chi connectivity index (χ3v) is 3.19. The third-order valence-electron chi connectivity index (χ3n) is 3.19. The lowest BCUT2D eigenvalue weighted by Crippen LogP contribution is -2.37. The maximum absolute atomic E-state index is 11.8. The summed E-state index contributed by atoms with van der Waals surface area (Å²) < 4.78 is 5.30. The van der Waals surface area contributed by atoms with Crippen LogP contribution in [0.4, 0.5) is 16.2 Å². The molecule has 0 saturated carbocycles. The second-order valence-electron chi connectivity index (χ2n) is 4.66. The van der Waals surface area contributed by atoms with Gasteiger partial charge in [-0.25, -0.2) is 4.79 Å². The molecule has 1 aromatic carbocycles. The van der Waals surface area contributed by atoms with Crippen LogP contribution in [-0.4, -0.2) is 24.6 Å². The molecule has 3 N–H and O–H groups in total. The lowest BCUT2D eigenvalue weighted by atomic mass is 10.2. The average Bonchev–Trinajstić information content (AvgIpc) is 2.45. The molecular formula is C14H19N3O3. The van der Waals surface area contributed by atoms with E-state index in [4.69, 9.17) is 4.74 Å². The maximum Gasteiger partial charge on any atom is 0.319 e. The van der Waals surface area contributed by atoms with Gasteiger partial charge < -0.3 is 20.7 Å². The molecule has 1 heterocycles. The van der Waals surface area contributed by atoms with E-state index in [2.05, 4.69) is 16.0 Å². The van der Waals surface area contributed by atoms with Crippen molar-refractivity contribution in [1.29, 1.82) is 0 Å². The first-order valence-corrected chi connectivity index (χ1v) is 6.76. The molecule has 0 unspecified atom stereocenters. The van der Waals surface area contributed by atoms with Crippen LogP contribution >= 0.6 is 0 Å². The number of nitrogens with one attached hydrogen (secondary N) is 3. The molecule has 0 fully saturated rings. The highest BCUT2D eigenvalue weighted by Gasteiger charge is 2.16. The number of urea groups is 1. The fourth-order valence-electron chi connectivity index (χ4n) is 2.00. The Morgan fingerprint density at radius 1 is 1.40 bits per heavy atom. The molecule has 1 aromatic rings. The van der Waals surface area contributed by atoms with Gasteiger partial charge in [0.15, 0.2) is 6.61 Å². The lowest BCUT2D eigenvalue weighted by Gasteiger charge is -2.19. The summed E-state index contributed by atoms with van der Waals surface area (Å²) in [6.07, 6.45) is 1.78. The summed E-state index contributed by atoms with van der Waals surface area (Å²) in [5.41, 5.74) is 1.25. The SMILES string of the molecule is CCC(CC)NC(=O)Nc1ccc2c(c1)OCC(=O)N2. The van der Waals surface area contributed by atoms with Crippen molar-refractivity contribution in [2.45, 2.75) is 32.7 Å². The van der Waals surface area contributed by atoms with E-state index in [-0.39, 0.29) is 24.6 Å². The van der Waals surface area contributed by atoms with Crippen LogP contribution in [-0.2, 0) is 4.79 Å². The first kappa shape index (κ1) is 14.2. The summed E-state index contributed by atoms with van der Waals surface area (Å²) >= 11 is 0. The fraction of sp³-hybridized carbons (Fsp3) is 0.429. The molecule has 108 valence electrons. The number of carbonyl (C=O) groups is 2. The van der Waals surface area contributed by atoms with Gasteiger partial charge in [-0.05, 0) is 25.0 Å². The minimum atomic E-state index is -0.238. The average molecular weight is 277 g/mol. The summed E-state index contributed by atoms with van der Waals surface area (Å²) in [6.45, 7) is 4.06. The maximum atomic E-state index is 11.8. The fourth-order valence-corrected chi connectivity index (χ4v) is 2.00. The summed E-state index contributed by atoms with van der Waals surface area (Å²) in [7, 11) is 0. The van der Waals surface area contributed by atoms with Crippen molar-refractivity contribution in [3.8, 4) is 5.75 Å². The zero-order valence-corrected chi connectivity index (χ0v) is 11.7. The molecule has 20 heavy (non-hydrogen) atoms. The summed E-state index contributed by atoms with van der Waals surface area (Å²) in [6, 6.07) is 5.06. The predicted octanol–water partition coefficient (Wildman–Crippen LogP) is 2.33. The van der Waals surface area contributed by atoms with Gasteiger partial charge in [0.25, 0.3) is 5.91 Å². The third kappa shape index (κ3) is 3.40. The van der Waals surface area contributed by atoms with Gasteiger partial charge in [-0.3, -0.25) is 4.79 Å². The van der Waals surface area contributed by atoms with Crippen LogP contribution in [0.3, 0.4) is 0 Å². The van der Waals surface area contributed by atoms with Crippen molar-refractivity contribution < 1.29 is 14.3 Å². The zero-order valence-electron chi connectivity index (χ0n) is 11.7. The topological polar surface area (TPSA) is 79.5 Å². The van der Waals surface area contributed by atoms with Gasteiger partial charge in [-0.1, -0.05) is 13.8 Å². The van der Waals surface area contributed by atoms with Crippen LogP contribution in [0.2, 0.25) is 0 Å². The van der Waals surface area contributed by atoms with Gasteiger partial charge in [0.1, 0.15) is 5.75 Å². The molecule has 1 aliphatic rings. The molecular weight excluding hydrogens is 258 g/mol. The van der Waals surface area contributed by atoms with Crippen molar-refractivity contribution in [3.05, 3.63) is 18.2 Å². The highest BCUT2D eigenvalue weighted by molar-refractivity contribution is 5.96. The number of benzene rings is 1. The Labute approximate surface area is 117 Å². The Kier molecular flexibility index (Phi) is 4.45. The number of carbonyl (C=O) groups excluding carboxylic acids is 2. The quantitative estimate of drug-likeness (QED) is 0.790. The van der Waals surface area contributed by atoms with E-state index in [1.165, 1.54) is 0 Å². The number of fused-ring (bicyclic) bond motifs is 1. The molecule has 0 saturated heterocycles. The number of rotatable bonds is 4. The van der Waals surface area contributed by atoms with Crippen LogP contribution in [0.1, 0.15) is 26.7 Å². The Bertz CT molecular complexity index is 512. The minimum absolute atomic E-state index is 0.00358. The molecule has 3 amide bonds. The molecule has 6 heteroatoms. The van der Waals surface area contributed by atoms with Crippen molar-refractivity contribution in [1.82, 2.24) is 5.32 Å². The van der Waals surface area contributed by atoms with E-state index < -0.39 is 0 Å². The van der Waals surface area contributed by atoms with Crippen molar-refractivity contribution in [2.24, 2.45) is 0 Å². The van der Waals surface area contributed by atoms with E-state index in [0.717, 1.165) is 12.8 Å². The summed E-state index contributed by atoms with van der Waals surface area (Å²) in [4.78, 5) is 23.0. The lowest BCUT2D eigenvalue weighted by molar-refractivity contribution is -0.118. The van der Waals surface area contributed by atoms with E-state index >= 15 is 0 Å². The van der Waals surface area contributed by atoms with Crippen molar-refractivity contribution in [2.75, 3.05) is 17.2 Å². The Hall–Kier alpha value is -2.24. The van der Waals surface area contributed by atoms with Crippen LogP contribution < -0.4 is 20.7 Å². The highest BCUT2D eigenvalue weighted by Crippen LogP contribution is 2.30. The van der Waals surface area contributed by atoms with Gasteiger partial charge >= 0.3 is 6.03 Å². The second-order valence-corrected chi connectivity index (χ2v) is 4.66. The zero-order chi connectivity index (χ0) is 14.5. The summed E-state index contributed by atoms with van der Waals surface area (Å²) in [5.74, 6) is 0.384. The Morgan fingerprint density at radius 3 is 2.85 bits per heavy atom. The predicted molar refractivity (Wildman–Crippen MR) is 77.1 cm³/mol. The van der Waals surface area contributed by atoms with E-state index in [9.17, 15) is 9.59 Å². The number of hydrogen-bond acceptors (Lipinski definition) is 3. The van der Waals surface area contributed by atoms with Crippen LogP contribution in [0.5, 0.6) is 5.75 Å². The first-order chi connectivity index (χ1) is 9.62. The number of ether oxygens (including phenoxy) is 1. The van der Waals surface area contributed by atoms with Crippen LogP contribution in [0.15, 0.2) is 18.2 Å². The van der Waals surface area contributed by atoms with Crippen molar-refractivity contribution >= 4 is 23.3 Å². The largest absolute Gasteiger partial charge is 0.482 e. The Morgan fingerprint density at radius 2 is 2.15 bits per heavy atom. The Balaban J connectivity index is 2.00. The van der Waals surface area contributed by atoms with Gasteiger partial charge in [-0.15, -0.1) is 0 Å². The molecule has 2 rings (SSSR count). The second kappa shape index (κ2) is 6.27. The molecule has 0 radical (unpaired) electrons. The minimum Gasteiger partial charge on any atom is -0.482 e. The molecule has 0 aliphatic carbocycles. The van der Waals surface area contributed by atoms with Crippen LogP contribution in [0, 0.1) is 0 Å². The van der Waals surface area contributed by atoms with Gasteiger partial charge in [0.05, 0.1) is 5.69 Å². The normalized spacial score (nSPS) is 13.2. The number of anilines is 2. The van der Waals surface area contributed by atoms with E-state index in [0.29, 0.717) is 17.1 Å². The first-order valence-electron chi connectivity index (χ1n) is 6.76. The molecule has 0 atom stereocenters. The number of amides is 3. The van der Waals surface area contributed by atoms with Crippen LogP contribution in [0.25, 0.3) is 0 Å².